The third-order valence-corrected chi connectivity index (χ3v) is 3.89. The second-order valence-corrected chi connectivity index (χ2v) is 5.82. The van der Waals surface area contributed by atoms with Gasteiger partial charge in [-0.1, -0.05) is 45.8 Å². The second-order valence-electron chi connectivity index (χ2n) is 4.97. The lowest BCUT2D eigenvalue weighted by Crippen LogP contribution is -1.98. The van der Waals surface area contributed by atoms with Crippen LogP contribution in [0.5, 0.6) is 11.5 Å². The Morgan fingerprint density at radius 1 is 1.22 bits per heavy atom. The highest BCUT2D eigenvalue weighted by molar-refractivity contribution is 9.10. The van der Waals surface area contributed by atoms with Crippen LogP contribution in [-0.4, -0.2) is 18.2 Å². The van der Waals surface area contributed by atoms with Gasteiger partial charge in [0.1, 0.15) is 6.61 Å². The quantitative estimate of drug-likeness (QED) is 0.756. The topological polar surface area (TPSA) is 55.8 Å². The highest BCUT2D eigenvalue weighted by atomic mass is 79.9. The third-order valence-electron chi connectivity index (χ3n) is 3.20. The number of aliphatic carboxylic acids is 1. The molecule has 0 atom stereocenters. The van der Waals surface area contributed by atoms with Crippen molar-refractivity contribution in [3.05, 3.63) is 63.6 Å². The van der Waals surface area contributed by atoms with Gasteiger partial charge in [0.15, 0.2) is 11.5 Å². The minimum atomic E-state index is -1.00. The first-order chi connectivity index (χ1) is 11.0. The number of benzene rings is 2. The highest BCUT2D eigenvalue weighted by Crippen LogP contribution is 2.34. The summed E-state index contributed by atoms with van der Waals surface area (Å²) >= 11 is 3.42. The number of carbonyl (C=O) groups is 1. The molecule has 0 aromatic heterocycles. The summed E-state index contributed by atoms with van der Waals surface area (Å²) in [5.74, 6) is 0.133. The number of carboxylic acids is 1. The van der Waals surface area contributed by atoms with Crippen molar-refractivity contribution in [2.45, 2.75) is 13.5 Å². The molecule has 2 rings (SSSR count). The van der Waals surface area contributed by atoms with Gasteiger partial charge in [0.05, 0.1) is 7.11 Å². The van der Waals surface area contributed by atoms with E-state index in [2.05, 4.69) is 15.9 Å². The molecule has 4 nitrogen and oxygen atoms in total. The molecule has 0 saturated carbocycles. The van der Waals surface area contributed by atoms with Crippen LogP contribution in [0.15, 0.2) is 46.9 Å². The molecule has 120 valence electrons. The molecule has 0 amide bonds. The Hall–Kier alpha value is -2.27. The van der Waals surface area contributed by atoms with Crippen LogP contribution in [0.4, 0.5) is 0 Å². The van der Waals surface area contributed by atoms with Crippen LogP contribution in [0.2, 0.25) is 0 Å². The number of aryl methyl sites for hydroxylation is 1. The Kier molecular flexibility index (Phi) is 5.82. The van der Waals surface area contributed by atoms with Gasteiger partial charge in [-0.3, -0.25) is 0 Å². The fraction of sp³-hybridized carbons (Fsp3) is 0.167. The molecule has 0 radical (unpaired) electrons. The number of hydrogen-bond acceptors (Lipinski definition) is 3. The van der Waals surface area contributed by atoms with Gasteiger partial charge in [-0.25, -0.2) is 4.79 Å². The van der Waals surface area contributed by atoms with Crippen molar-refractivity contribution in [2.24, 2.45) is 0 Å². The van der Waals surface area contributed by atoms with Crippen LogP contribution in [-0.2, 0) is 11.4 Å². The smallest absolute Gasteiger partial charge is 0.328 e. The van der Waals surface area contributed by atoms with Gasteiger partial charge in [-0.05, 0) is 36.3 Å². The molecule has 0 fully saturated rings. The van der Waals surface area contributed by atoms with Crippen molar-refractivity contribution < 1.29 is 19.4 Å². The lowest BCUT2D eigenvalue weighted by Gasteiger charge is -2.13. The van der Waals surface area contributed by atoms with E-state index in [1.54, 1.807) is 19.2 Å². The summed E-state index contributed by atoms with van der Waals surface area (Å²) in [5.41, 5.74) is 2.96. The maximum atomic E-state index is 10.6. The van der Waals surface area contributed by atoms with E-state index in [4.69, 9.17) is 14.6 Å². The van der Waals surface area contributed by atoms with Gasteiger partial charge in [-0.15, -0.1) is 0 Å². The van der Waals surface area contributed by atoms with Crippen LogP contribution >= 0.6 is 15.9 Å². The molecule has 2 aromatic rings. The van der Waals surface area contributed by atoms with E-state index in [-0.39, 0.29) is 0 Å². The molecular formula is C18H17BrO4. The van der Waals surface area contributed by atoms with Crippen LogP contribution in [0.25, 0.3) is 6.08 Å². The number of ether oxygens (including phenoxy) is 2. The molecule has 0 saturated heterocycles. The van der Waals surface area contributed by atoms with Crippen LogP contribution in [0.1, 0.15) is 16.7 Å². The first-order valence-electron chi connectivity index (χ1n) is 6.96. The van der Waals surface area contributed by atoms with Gasteiger partial charge in [0.25, 0.3) is 0 Å². The molecule has 0 aliphatic heterocycles. The Morgan fingerprint density at radius 2 is 1.91 bits per heavy atom. The number of rotatable bonds is 6. The highest BCUT2D eigenvalue weighted by Gasteiger charge is 2.09. The predicted octanol–water partition coefficient (Wildman–Crippen LogP) is 4.44. The van der Waals surface area contributed by atoms with Crippen molar-refractivity contribution >= 4 is 28.0 Å². The molecule has 5 heteroatoms. The SMILES string of the molecule is COc1cc(C=CC(=O)O)c(Br)cc1OCc1ccc(C)cc1. The summed E-state index contributed by atoms with van der Waals surface area (Å²) in [6.45, 7) is 2.46. The van der Waals surface area contributed by atoms with E-state index in [1.807, 2.05) is 31.2 Å². The van der Waals surface area contributed by atoms with Crippen molar-refractivity contribution in [1.29, 1.82) is 0 Å². The third kappa shape index (κ3) is 4.86. The summed E-state index contributed by atoms with van der Waals surface area (Å²) in [7, 11) is 1.55. The zero-order chi connectivity index (χ0) is 16.8. The molecular weight excluding hydrogens is 360 g/mol. The Labute approximate surface area is 143 Å². The van der Waals surface area contributed by atoms with Gasteiger partial charge in [0, 0.05) is 10.5 Å². The van der Waals surface area contributed by atoms with Crippen LogP contribution in [0.3, 0.4) is 0 Å². The molecule has 1 N–H and O–H groups in total. The maximum Gasteiger partial charge on any atom is 0.328 e. The molecule has 0 unspecified atom stereocenters. The molecule has 0 bridgehead atoms. The normalized spacial score (nSPS) is 10.7. The van der Waals surface area contributed by atoms with Crippen molar-refractivity contribution in [2.75, 3.05) is 7.11 Å². The fourth-order valence-electron chi connectivity index (χ4n) is 1.96. The molecule has 0 heterocycles. The Bertz CT molecular complexity index is 721. The van der Waals surface area contributed by atoms with Crippen LogP contribution < -0.4 is 9.47 Å². The lowest BCUT2D eigenvalue weighted by atomic mass is 10.1. The summed E-state index contributed by atoms with van der Waals surface area (Å²) in [6.07, 6.45) is 2.57. The van der Waals surface area contributed by atoms with Crippen molar-refractivity contribution in [3.63, 3.8) is 0 Å². The lowest BCUT2D eigenvalue weighted by molar-refractivity contribution is -0.131. The van der Waals surface area contributed by atoms with E-state index in [1.165, 1.54) is 11.6 Å². The summed E-state index contributed by atoms with van der Waals surface area (Å²) in [4.78, 5) is 10.6. The minimum absolute atomic E-state index is 0.424. The van der Waals surface area contributed by atoms with E-state index >= 15 is 0 Å². The maximum absolute atomic E-state index is 10.6. The zero-order valence-electron chi connectivity index (χ0n) is 12.9. The van der Waals surface area contributed by atoms with Gasteiger partial charge < -0.3 is 14.6 Å². The Balaban J connectivity index is 2.19. The number of halogens is 1. The molecule has 2 aromatic carbocycles. The zero-order valence-corrected chi connectivity index (χ0v) is 14.5. The summed E-state index contributed by atoms with van der Waals surface area (Å²) < 4.78 is 11.9. The van der Waals surface area contributed by atoms with Crippen molar-refractivity contribution in [3.8, 4) is 11.5 Å². The number of hydrogen-bond donors (Lipinski definition) is 1. The van der Waals surface area contributed by atoms with E-state index < -0.39 is 5.97 Å². The van der Waals surface area contributed by atoms with Crippen molar-refractivity contribution in [1.82, 2.24) is 0 Å². The predicted molar refractivity (Wildman–Crippen MR) is 92.9 cm³/mol. The molecule has 23 heavy (non-hydrogen) atoms. The average Bonchev–Trinajstić information content (AvgIpc) is 2.53. The van der Waals surface area contributed by atoms with E-state index in [9.17, 15) is 4.79 Å². The molecule has 0 aliphatic carbocycles. The Morgan fingerprint density at radius 3 is 2.52 bits per heavy atom. The monoisotopic (exact) mass is 376 g/mol. The average molecular weight is 377 g/mol. The minimum Gasteiger partial charge on any atom is -0.493 e. The summed E-state index contributed by atoms with van der Waals surface area (Å²) in [5, 5.41) is 8.72. The molecule has 0 aliphatic rings. The largest absolute Gasteiger partial charge is 0.493 e. The van der Waals surface area contributed by atoms with E-state index in [0.29, 0.717) is 23.7 Å². The van der Waals surface area contributed by atoms with Crippen LogP contribution in [0, 0.1) is 6.92 Å². The fourth-order valence-corrected chi connectivity index (χ4v) is 2.41. The number of carboxylic acid groups (broad SMARTS) is 1. The first-order valence-corrected chi connectivity index (χ1v) is 7.76. The number of methoxy groups -OCH3 is 1. The standard InChI is InChI=1S/C18H17BrO4/c1-12-3-5-13(6-4-12)11-23-17-10-15(19)14(7-8-18(20)21)9-16(17)22-2/h3-10H,11H2,1-2H3,(H,20,21). The summed E-state index contributed by atoms with van der Waals surface area (Å²) in [6, 6.07) is 11.6. The van der Waals surface area contributed by atoms with Gasteiger partial charge in [0.2, 0.25) is 0 Å². The molecule has 0 spiro atoms. The van der Waals surface area contributed by atoms with Gasteiger partial charge >= 0.3 is 5.97 Å². The first kappa shape index (κ1) is 17.1. The van der Waals surface area contributed by atoms with E-state index in [0.717, 1.165) is 16.1 Å². The second kappa shape index (κ2) is 7.83. The van der Waals surface area contributed by atoms with Gasteiger partial charge in [-0.2, -0.15) is 0 Å².